The van der Waals surface area contributed by atoms with Gasteiger partial charge >= 0.3 is 0 Å². The van der Waals surface area contributed by atoms with Gasteiger partial charge in [0.25, 0.3) is 0 Å². The predicted molar refractivity (Wildman–Crippen MR) is 69.7 cm³/mol. The zero-order valence-corrected chi connectivity index (χ0v) is 11.4. The first-order chi connectivity index (χ1) is 8.45. The van der Waals surface area contributed by atoms with Crippen LogP contribution in [0, 0.1) is 6.92 Å². The van der Waals surface area contributed by atoms with Crippen molar-refractivity contribution in [3.63, 3.8) is 0 Å². The number of nitrogens with one attached hydrogen (secondary N) is 2. The third kappa shape index (κ3) is 4.46. The molecule has 0 bridgehead atoms. The van der Waals surface area contributed by atoms with E-state index in [0.29, 0.717) is 6.54 Å². The smallest absolute Gasteiger partial charge is 0.241 e. The summed E-state index contributed by atoms with van der Waals surface area (Å²) in [5, 5.41) is 2.60. The van der Waals surface area contributed by atoms with Crippen molar-refractivity contribution >= 4 is 15.9 Å². The third-order valence-electron chi connectivity index (χ3n) is 2.29. The molecule has 0 radical (unpaired) electrons. The van der Waals surface area contributed by atoms with Crippen molar-refractivity contribution in [2.24, 2.45) is 0 Å². The Morgan fingerprint density at radius 1 is 1.33 bits per heavy atom. The summed E-state index contributed by atoms with van der Waals surface area (Å²) in [5.74, 6) is -0.326. The fraction of sp³-hybridized carbons (Fsp3) is 0.417. The Kier molecular flexibility index (Phi) is 5.30. The summed E-state index contributed by atoms with van der Waals surface area (Å²) >= 11 is 0. The zero-order chi connectivity index (χ0) is 13.6. The van der Waals surface area contributed by atoms with E-state index in [2.05, 4.69) is 10.0 Å². The molecule has 1 aromatic rings. The molecule has 5 nitrogen and oxygen atoms in total. The Morgan fingerprint density at radius 2 is 2.06 bits per heavy atom. The van der Waals surface area contributed by atoms with E-state index in [4.69, 9.17) is 0 Å². The second kappa shape index (κ2) is 6.51. The van der Waals surface area contributed by atoms with E-state index in [1.165, 1.54) is 6.07 Å². The van der Waals surface area contributed by atoms with E-state index < -0.39 is 10.0 Å². The summed E-state index contributed by atoms with van der Waals surface area (Å²) in [6.45, 7) is 4.05. The molecule has 1 amide bonds. The number of carbonyl (C=O) groups excluding carboxylic acids is 1. The second-order valence-corrected chi connectivity index (χ2v) is 5.76. The van der Waals surface area contributed by atoms with E-state index in [1.54, 1.807) is 12.1 Å². The zero-order valence-electron chi connectivity index (χ0n) is 10.6. The van der Waals surface area contributed by atoms with E-state index in [1.807, 2.05) is 19.9 Å². The summed E-state index contributed by atoms with van der Waals surface area (Å²) in [6, 6.07) is 6.54. The molecule has 1 rings (SSSR count). The molecule has 2 N–H and O–H groups in total. The number of rotatable bonds is 6. The van der Waals surface area contributed by atoms with Crippen molar-refractivity contribution in [3.05, 3.63) is 29.8 Å². The average Bonchev–Trinajstić information content (AvgIpc) is 2.34. The molecular formula is C12H18N2O3S. The van der Waals surface area contributed by atoms with E-state index >= 15 is 0 Å². The third-order valence-corrected chi connectivity index (χ3v) is 3.69. The number of amides is 1. The molecule has 0 aromatic heterocycles. The number of benzene rings is 1. The Hall–Kier alpha value is -1.40. The van der Waals surface area contributed by atoms with E-state index in [9.17, 15) is 13.2 Å². The second-order valence-electron chi connectivity index (χ2n) is 3.99. The molecule has 0 aliphatic rings. The maximum atomic E-state index is 11.9. The Morgan fingerprint density at radius 3 is 2.67 bits per heavy atom. The minimum absolute atomic E-state index is 0.172. The number of sulfonamides is 1. The normalized spacial score (nSPS) is 11.2. The first-order valence-electron chi connectivity index (χ1n) is 5.78. The molecule has 0 aliphatic carbocycles. The molecule has 0 aliphatic heterocycles. The lowest BCUT2D eigenvalue weighted by atomic mass is 10.2. The number of hydrogen-bond acceptors (Lipinski definition) is 3. The van der Waals surface area contributed by atoms with Crippen molar-refractivity contribution in [3.8, 4) is 0 Å². The van der Waals surface area contributed by atoms with Gasteiger partial charge < -0.3 is 5.32 Å². The van der Waals surface area contributed by atoms with Crippen molar-refractivity contribution in [1.82, 2.24) is 10.0 Å². The van der Waals surface area contributed by atoms with Crippen LogP contribution in [0.2, 0.25) is 0 Å². The number of hydrogen-bond donors (Lipinski definition) is 2. The van der Waals surface area contributed by atoms with Crippen LogP contribution in [0.1, 0.15) is 18.9 Å². The van der Waals surface area contributed by atoms with Gasteiger partial charge in [-0.05, 0) is 31.0 Å². The van der Waals surface area contributed by atoms with E-state index in [-0.39, 0.29) is 17.3 Å². The van der Waals surface area contributed by atoms with Gasteiger partial charge in [-0.2, -0.15) is 0 Å². The van der Waals surface area contributed by atoms with Gasteiger partial charge in [0.2, 0.25) is 15.9 Å². The molecule has 6 heteroatoms. The molecule has 0 spiro atoms. The van der Waals surface area contributed by atoms with Gasteiger partial charge in [0.15, 0.2) is 0 Å². The standard InChI is InChI=1S/C12H18N2O3S/c1-3-7-13-12(15)9-14-18(16,17)11-6-4-5-10(2)8-11/h4-6,8,14H,3,7,9H2,1-2H3,(H,13,15). The van der Waals surface area contributed by atoms with Crippen molar-refractivity contribution in [2.45, 2.75) is 25.2 Å². The van der Waals surface area contributed by atoms with Crippen LogP contribution < -0.4 is 10.0 Å². The molecule has 18 heavy (non-hydrogen) atoms. The SMILES string of the molecule is CCCNC(=O)CNS(=O)(=O)c1cccc(C)c1. The molecule has 0 atom stereocenters. The summed E-state index contributed by atoms with van der Waals surface area (Å²) < 4.78 is 26.0. The first kappa shape index (κ1) is 14.7. The van der Waals surface area contributed by atoms with Crippen LogP contribution in [0.3, 0.4) is 0 Å². The van der Waals surface area contributed by atoms with Gasteiger partial charge in [-0.1, -0.05) is 19.1 Å². The minimum Gasteiger partial charge on any atom is -0.355 e. The number of aryl methyl sites for hydroxylation is 1. The fourth-order valence-electron chi connectivity index (χ4n) is 1.35. The lowest BCUT2D eigenvalue weighted by molar-refractivity contribution is -0.119. The van der Waals surface area contributed by atoms with Gasteiger partial charge in [-0.3, -0.25) is 4.79 Å². The number of carbonyl (C=O) groups is 1. The molecule has 0 unspecified atom stereocenters. The summed E-state index contributed by atoms with van der Waals surface area (Å²) in [4.78, 5) is 11.5. The highest BCUT2D eigenvalue weighted by Crippen LogP contribution is 2.10. The molecular weight excluding hydrogens is 252 g/mol. The van der Waals surface area contributed by atoms with Crippen molar-refractivity contribution in [1.29, 1.82) is 0 Å². The molecule has 0 saturated carbocycles. The van der Waals surface area contributed by atoms with Crippen LogP contribution in [0.15, 0.2) is 29.2 Å². The van der Waals surface area contributed by atoms with Gasteiger partial charge in [0, 0.05) is 6.54 Å². The molecule has 100 valence electrons. The van der Waals surface area contributed by atoms with Crippen LogP contribution in [-0.2, 0) is 14.8 Å². The maximum absolute atomic E-state index is 11.9. The van der Waals surface area contributed by atoms with Crippen LogP contribution in [0.25, 0.3) is 0 Å². The highest BCUT2D eigenvalue weighted by Gasteiger charge is 2.14. The molecule has 0 saturated heterocycles. The van der Waals surface area contributed by atoms with Crippen LogP contribution >= 0.6 is 0 Å². The molecule has 1 aromatic carbocycles. The fourth-order valence-corrected chi connectivity index (χ4v) is 2.44. The van der Waals surface area contributed by atoms with Crippen LogP contribution in [0.4, 0.5) is 0 Å². The van der Waals surface area contributed by atoms with Crippen LogP contribution in [-0.4, -0.2) is 27.4 Å². The summed E-state index contributed by atoms with van der Waals surface area (Å²) in [6.07, 6.45) is 0.816. The predicted octanol–water partition coefficient (Wildman–Crippen LogP) is 0.800. The largest absolute Gasteiger partial charge is 0.355 e. The Bertz CT molecular complexity index is 512. The molecule has 0 fully saturated rings. The highest BCUT2D eigenvalue weighted by atomic mass is 32.2. The minimum atomic E-state index is -3.61. The lowest BCUT2D eigenvalue weighted by Gasteiger charge is -2.07. The summed E-state index contributed by atoms with van der Waals surface area (Å²) in [5.41, 5.74) is 0.855. The van der Waals surface area contributed by atoms with Gasteiger partial charge in [0.1, 0.15) is 0 Å². The van der Waals surface area contributed by atoms with Gasteiger partial charge in [-0.25, -0.2) is 13.1 Å². The quantitative estimate of drug-likeness (QED) is 0.803. The monoisotopic (exact) mass is 270 g/mol. The van der Waals surface area contributed by atoms with Crippen molar-refractivity contribution in [2.75, 3.05) is 13.1 Å². The van der Waals surface area contributed by atoms with Crippen molar-refractivity contribution < 1.29 is 13.2 Å². The molecule has 0 heterocycles. The van der Waals surface area contributed by atoms with Gasteiger partial charge in [0.05, 0.1) is 11.4 Å². The van der Waals surface area contributed by atoms with Crippen LogP contribution in [0.5, 0.6) is 0 Å². The van der Waals surface area contributed by atoms with E-state index in [0.717, 1.165) is 12.0 Å². The highest BCUT2D eigenvalue weighted by molar-refractivity contribution is 7.89. The summed E-state index contributed by atoms with van der Waals surface area (Å²) in [7, 11) is -3.61. The lowest BCUT2D eigenvalue weighted by Crippen LogP contribution is -2.37. The first-order valence-corrected chi connectivity index (χ1v) is 7.27. The maximum Gasteiger partial charge on any atom is 0.241 e. The topological polar surface area (TPSA) is 75.3 Å². The Balaban J connectivity index is 2.63. The Labute approximate surface area is 108 Å². The average molecular weight is 270 g/mol. The van der Waals surface area contributed by atoms with Gasteiger partial charge in [-0.15, -0.1) is 0 Å².